The average molecular weight is 361 g/mol. The van der Waals surface area contributed by atoms with Crippen LogP contribution in [0.2, 0.25) is 10.0 Å². The fourth-order valence-corrected chi connectivity index (χ4v) is 5.57. The third-order valence-corrected chi connectivity index (χ3v) is 7.55. The zero-order chi connectivity index (χ0) is 16.3. The second-order valence-corrected chi connectivity index (χ2v) is 8.96. The van der Waals surface area contributed by atoms with E-state index < -0.39 is 7.14 Å². The molecule has 0 radical (unpaired) electrons. The number of rotatable bonds is 4. The van der Waals surface area contributed by atoms with Crippen molar-refractivity contribution in [3.63, 3.8) is 0 Å². The second-order valence-electron chi connectivity index (χ2n) is 5.32. The van der Waals surface area contributed by atoms with E-state index in [1.165, 1.54) is 0 Å². The van der Waals surface area contributed by atoms with Crippen molar-refractivity contribution in [2.45, 2.75) is 6.16 Å². The molecular formula is C19H15Cl2OP. The van der Waals surface area contributed by atoms with Crippen molar-refractivity contribution in [1.82, 2.24) is 0 Å². The molecule has 0 unspecified atom stereocenters. The maximum Gasteiger partial charge on any atom is 0.147 e. The topological polar surface area (TPSA) is 17.1 Å². The lowest BCUT2D eigenvalue weighted by molar-refractivity contribution is 0.586. The molecule has 3 aromatic carbocycles. The lowest BCUT2D eigenvalue weighted by atomic mass is 10.2. The lowest BCUT2D eigenvalue weighted by Crippen LogP contribution is -2.17. The minimum Gasteiger partial charge on any atom is -0.313 e. The molecule has 0 saturated carbocycles. The van der Waals surface area contributed by atoms with Crippen molar-refractivity contribution in [3.8, 4) is 0 Å². The molecule has 0 fully saturated rings. The van der Waals surface area contributed by atoms with Crippen molar-refractivity contribution in [2.24, 2.45) is 0 Å². The van der Waals surface area contributed by atoms with E-state index in [-0.39, 0.29) is 0 Å². The molecule has 116 valence electrons. The summed E-state index contributed by atoms with van der Waals surface area (Å²) in [7, 11) is -2.78. The zero-order valence-corrected chi connectivity index (χ0v) is 14.7. The van der Waals surface area contributed by atoms with Gasteiger partial charge in [-0.25, -0.2) is 0 Å². The number of benzene rings is 3. The van der Waals surface area contributed by atoms with Crippen LogP contribution in [0.5, 0.6) is 0 Å². The first-order chi connectivity index (χ1) is 11.1. The standard InChI is InChI=1S/C19H15Cl2OP/c20-18-12-11-15(13-19(18)21)14-23(22,16-7-3-1-4-8-16)17-9-5-2-6-10-17/h1-13H,14H2. The van der Waals surface area contributed by atoms with Crippen molar-refractivity contribution in [1.29, 1.82) is 0 Å². The third-order valence-electron chi connectivity index (χ3n) is 3.74. The highest BCUT2D eigenvalue weighted by atomic mass is 35.5. The molecule has 0 N–H and O–H groups in total. The summed E-state index contributed by atoms with van der Waals surface area (Å²) in [6.07, 6.45) is 0.415. The number of halogens is 2. The Morgan fingerprint density at radius 1 is 0.696 bits per heavy atom. The minimum absolute atomic E-state index is 0.415. The highest BCUT2D eigenvalue weighted by Gasteiger charge is 2.27. The molecular weight excluding hydrogens is 346 g/mol. The van der Waals surface area contributed by atoms with Crippen LogP contribution in [0.4, 0.5) is 0 Å². The molecule has 0 aromatic heterocycles. The van der Waals surface area contributed by atoms with Crippen LogP contribution in [0.15, 0.2) is 78.9 Å². The van der Waals surface area contributed by atoms with Crippen molar-refractivity contribution in [2.75, 3.05) is 0 Å². The van der Waals surface area contributed by atoms with Gasteiger partial charge in [-0.3, -0.25) is 0 Å². The van der Waals surface area contributed by atoms with Gasteiger partial charge in [0.15, 0.2) is 0 Å². The molecule has 23 heavy (non-hydrogen) atoms. The molecule has 0 amide bonds. The van der Waals surface area contributed by atoms with Gasteiger partial charge in [-0.05, 0) is 17.7 Å². The summed E-state index contributed by atoms with van der Waals surface area (Å²) in [5.41, 5.74) is 0.912. The highest BCUT2D eigenvalue weighted by molar-refractivity contribution is 7.78. The Bertz CT molecular complexity index is 804. The van der Waals surface area contributed by atoms with E-state index >= 15 is 0 Å². The van der Waals surface area contributed by atoms with Gasteiger partial charge < -0.3 is 4.57 Å². The Morgan fingerprint density at radius 3 is 1.70 bits per heavy atom. The fourth-order valence-electron chi connectivity index (χ4n) is 2.56. The smallest absolute Gasteiger partial charge is 0.147 e. The Kier molecular flexibility index (Phi) is 4.92. The maximum atomic E-state index is 13.9. The molecule has 3 rings (SSSR count). The van der Waals surface area contributed by atoms with E-state index in [0.29, 0.717) is 16.2 Å². The van der Waals surface area contributed by atoms with Crippen LogP contribution in [-0.4, -0.2) is 0 Å². The van der Waals surface area contributed by atoms with Gasteiger partial charge in [0.05, 0.1) is 10.0 Å². The Morgan fingerprint density at radius 2 is 1.22 bits per heavy atom. The van der Waals surface area contributed by atoms with Crippen LogP contribution in [0.25, 0.3) is 0 Å². The quantitative estimate of drug-likeness (QED) is 0.560. The normalized spacial score (nSPS) is 11.4. The third kappa shape index (κ3) is 3.53. The molecule has 0 spiro atoms. The molecule has 0 saturated heterocycles. The van der Waals surface area contributed by atoms with Gasteiger partial charge in [0, 0.05) is 16.8 Å². The van der Waals surface area contributed by atoms with E-state index in [4.69, 9.17) is 23.2 Å². The van der Waals surface area contributed by atoms with Gasteiger partial charge in [0.1, 0.15) is 7.14 Å². The summed E-state index contributed by atoms with van der Waals surface area (Å²) in [6.45, 7) is 0. The van der Waals surface area contributed by atoms with Crippen LogP contribution >= 0.6 is 30.3 Å². The summed E-state index contributed by atoms with van der Waals surface area (Å²) in [5, 5.41) is 2.68. The maximum absolute atomic E-state index is 13.9. The largest absolute Gasteiger partial charge is 0.313 e. The molecule has 0 aliphatic rings. The van der Waals surface area contributed by atoms with Gasteiger partial charge in [-0.1, -0.05) is 89.9 Å². The molecule has 3 aromatic rings. The van der Waals surface area contributed by atoms with Crippen molar-refractivity contribution < 1.29 is 4.57 Å². The summed E-state index contributed by atoms with van der Waals surface area (Å²) in [6, 6.07) is 24.6. The number of hydrogen-bond acceptors (Lipinski definition) is 1. The van der Waals surface area contributed by atoms with E-state index in [1.54, 1.807) is 12.1 Å². The minimum atomic E-state index is -2.78. The van der Waals surface area contributed by atoms with Crippen LogP contribution < -0.4 is 10.6 Å². The van der Waals surface area contributed by atoms with Crippen molar-refractivity contribution >= 4 is 41.0 Å². The highest BCUT2D eigenvalue weighted by Crippen LogP contribution is 2.47. The first-order valence-corrected chi connectivity index (χ1v) is 9.88. The molecule has 0 aliphatic carbocycles. The van der Waals surface area contributed by atoms with Gasteiger partial charge in [0.25, 0.3) is 0 Å². The second kappa shape index (κ2) is 6.93. The van der Waals surface area contributed by atoms with E-state index in [9.17, 15) is 4.57 Å². The average Bonchev–Trinajstić information content (AvgIpc) is 2.60. The van der Waals surface area contributed by atoms with Crippen molar-refractivity contribution in [3.05, 3.63) is 94.5 Å². The van der Waals surface area contributed by atoms with Gasteiger partial charge >= 0.3 is 0 Å². The molecule has 1 nitrogen and oxygen atoms in total. The molecule has 0 aliphatic heterocycles. The van der Waals surface area contributed by atoms with Gasteiger partial charge in [-0.2, -0.15) is 0 Å². The fraction of sp³-hybridized carbons (Fsp3) is 0.0526. The first-order valence-electron chi connectivity index (χ1n) is 7.24. The molecule has 4 heteroatoms. The summed E-state index contributed by atoms with van der Waals surface area (Å²) in [5.74, 6) is 0. The summed E-state index contributed by atoms with van der Waals surface area (Å²) < 4.78 is 13.9. The van der Waals surface area contributed by atoms with E-state index in [1.807, 2.05) is 66.7 Å². The van der Waals surface area contributed by atoms with Crippen LogP contribution in [0.3, 0.4) is 0 Å². The van der Waals surface area contributed by atoms with Gasteiger partial charge in [-0.15, -0.1) is 0 Å². The molecule has 0 atom stereocenters. The first kappa shape index (κ1) is 16.3. The van der Waals surface area contributed by atoms with Crippen LogP contribution in [-0.2, 0) is 10.7 Å². The van der Waals surface area contributed by atoms with E-state index in [0.717, 1.165) is 16.2 Å². The number of hydrogen-bond donors (Lipinski definition) is 0. The Labute approximate surface area is 146 Å². The summed E-state index contributed by atoms with van der Waals surface area (Å²) in [4.78, 5) is 0. The van der Waals surface area contributed by atoms with Crippen LogP contribution in [0, 0.1) is 0 Å². The zero-order valence-electron chi connectivity index (χ0n) is 12.3. The monoisotopic (exact) mass is 360 g/mol. The Hall–Kier alpha value is -1.53. The molecule has 0 bridgehead atoms. The van der Waals surface area contributed by atoms with Gasteiger partial charge in [0.2, 0.25) is 0 Å². The Balaban J connectivity index is 2.09. The summed E-state index contributed by atoms with van der Waals surface area (Å²) >= 11 is 12.1. The predicted molar refractivity (Wildman–Crippen MR) is 99.9 cm³/mol. The van der Waals surface area contributed by atoms with Crippen LogP contribution in [0.1, 0.15) is 5.56 Å². The molecule has 0 heterocycles. The SMILES string of the molecule is O=P(Cc1ccc(Cl)c(Cl)c1)(c1ccccc1)c1ccccc1. The van der Waals surface area contributed by atoms with E-state index in [2.05, 4.69) is 0 Å². The predicted octanol–water partition coefficient (Wildman–Crippen LogP) is 5.51. The lowest BCUT2D eigenvalue weighted by Gasteiger charge is -2.19.